The number of carboxylic acid groups (broad SMARTS) is 1. The lowest BCUT2D eigenvalue weighted by atomic mass is 10.2. The van der Waals surface area contributed by atoms with Crippen LogP contribution in [0.5, 0.6) is 0 Å². The van der Waals surface area contributed by atoms with Gasteiger partial charge in [0.05, 0.1) is 0 Å². The molecule has 0 radical (unpaired) electrons. The van der Waals surface area contributed by atoms with Gasteiger partial charge < -0.3 is 5.11 Å². The van der Waals surface area contributed by atoms with E-state index in [1.165, 1.54) is 10.6 Å². The Kier molecular flexibility index (Phi) is 2.30. The van der Waals surface area contributed by atoms with E-state index in [9.17, 15) is 4.79 Å². The molecule has 18 heavy (non-hydrogen) atoms. The average molecular weight is 239 g/mol. The first kappa shape index (κ1) is 10.5. The number of carboxylic acids is 1. The lowest BCUT2D eigenvalue weighted by Crippen LogP contribution is -2.05. The van der Waals surface area contributed by atoms with Gasteiger partial charge in [-0.25, -0.2) is 14.3 Å². The smallest absolute Gasteiger partial charge is 0.354 e. The van der Waals surface area contributed by atoms with Gasteiger partial charge in [-0.05, 0) is 12.1 Å². The fourth-order valence-electron chi connectivity index (χ4n) is 1.78. The lowest BCUT2D eigenvalue weighted by Gasteiger charge is -1.96. The number of hydrogen-bond acceptors (Lipinski definition) is 3. The van der Waals surface area contributed by atoms with Gasteiger partial charge in [0, 0.05) is 5.56 Å². The van der Waals surface area contributed by atoms with Crippen molar-refractivity contribution in [3.63, 3.8) is 0 Å². The third-order valence-electron chi connectivity index (χ3n) is 2.61. The number of fused-ring (bicyclic) bond motifs is 1. The minimum absolute atomic E-state index is 0.0992. The molecule has 0 saturated heterocycles. The van der Waals surface area contributed by atoms with E-state index in [-0.39, 0.29) is 5.69 Å². The normalized spacial score (nSPS) is 10.7. The maximum absolute atomic E-state index is 11.1. The molecule has 1 aromatic carbocycles. The molecule has 2 heterocycles. The molecule has 0 atom stereocenters. The van der Waals surface area contributed by atoms with Gasteiger partial charge in [0.25, 0.3) is 0 Å². The Bertz CT molecular complexity index is 719. The summed E-state index contributed by atoms with van der Waals surface area (Å²) in [6, 6.07) is 14.3. The average Bonchev–Trinajstić information content (AvgIpc) is 2.83. The minimum atomic E-state index is -1.02. The Balaban J connectivity index is 2.23. The molecule has 5 heteroatoms. The van der Waals surface area contributed by atoms with Crippen molar-refractivity contribution in [3.8, 4) is 11.4 Å². The van der Waals surface area contributed by atoms with E-state index in [0.29, 0.717) is 11.5 Å². The maximum Gasteiger partial charge on any atom is 0.354 e. The summed E-state index contributed by atoms with van der Waals surface area (Å²) in [5.74, 6) is -0.505. The quantitative estimate of drug-likeness (QED) is 0.743. The van der Waals surface area contributed by atoms with E-state index in [1.807, 2.05) is 30.3 Å². The maximum atomic E-state index is 11.1. The van der Waals surface area contributed by atoms with Gasteiger partial charge in [-0.2, -0.15) is 0 Å². The summed E-state index contributed by atoms with van der Waals surface area (Å²) in [5, 5.41) is 13.3. The van der Waals surface area contributed by atoms with Crippen LogP contribution >= 0.6 is 0 Å². The van der Waals surface area contributed by atoms with Gasteiger partial charge >= 0.3 is 5.97 Å². The lowest BCUT2D eigenvalue weighted by molar-refractivity contribution is 0.0687. The molecule has 1 N–H and O–H groups in total. The van der Waals surface area contributed by atoms with Crippen molar-refractivity contribution < 1.29 is 9.90 Å². The third kappa shape index (κ3) is 1.62. The summed E-state index contributed by atoms with van der Waals surface area (Å²) in [4.78, 5) is 15.4. The van der Waals surface area contributed by atoms with Gasteiger partial charge in [-0.3, -0.25) is 0 Å². The molecule has 88 valence electrons. The number of benzene rings is 1. The third-order valence-corrected chi connectivity index (χ3v) is 2.61. The predicted molar refractivity (Wildman–Crippen MR) is 65.4 cm³/mol. The standard InChI is InChI=1S/C13H9N3O2/c17-13(18)10-7-4-8-11-14-12(15-16(10)11)9-5-2-1-3-6-9/h1-8H,(H,17,18). The monoisotopic (exact) mass is 239 g/mol. The molecule has 0 bridgehead atoms. The van der Waals surface area contributed by atoms with Crippen LogP contribution < -0.4 is 0 Å². The molecule has 2 aromatic heterocycles. The van der Waals surface area contributed by atoms with Crippen molar-refractivity contribution in [3.05, 3.63) is 54.2 Å². The Morgan fingerprint density at radius 1 is 1.06 bits per heavy atom. The van der Waals surface area contributed by atoms with E-state index in [0.717, 1.165) is 5.56 Å². The predicted octanol–water partition coefficient (Wildman–Crippen LogP) is 2.09. The summed E-state index contributed by atoms with van der Waals surface area (Å²) in [7, 11) is 0. The highest BCUT2D eigenvalue weighted by Crippen LogP contribution is 2.16. The van der Waals surface area contributed by atoms with Crippen LogP contribution in [0.2, 0.25) is 0 Å². The van der Waals surface area contributed by atoms with Crippen LogP contribution in [-0.2, 0) is 0 Å². The molecule has 5 nitrogen and oxygen atoms in total. The largest absolute Gasteiger partial charge is 0.477 e. The Morgan fingerprint density at radius 3 is 2.56 bits per heavy atom. The van der Waals surface area contributed by atoms with Crippen LogP contribution in [0.15, 0.2) is 48.5 Å². The number of aromatic carboxylic acids is 1. The summed E-state index contributed by atoms with van der Waals surface area (Å²) >= 11 is 0. The fourth-order valence-corrected chi connectivity index (χ4v) is 1.78. The van der Waals surface area contributed by atoms with Crippen LogP contribution in [0.3, 0.4) is 0 Å². The van der Waals surface area contributed by atoms with E-state index in [2.05, 4.69) is 10.1 Å². The molecular formula is C13H9N3O2. The molecule has 0 amide bonds. The summed E-state index contributed by atoms with van der Waals surface area (Å²) in [6.07, 6.45) is 0. The van der Waals surface area contributed by atoms with Crippen LogP contribution in [0.25, 0.3) is 17.0 Å². The molecule has 0 unspecified atom stereocenters. The van der Waals surface area contributed by atoms with Crippen molar-refractivity contribution in [1.29, 1.82) is 0 Å². The highest BCUT2D eigenvalue weighted by atomic mass is 16.4. The van der Waals surface area contributed by atoms with Gasteiger partial charge in [-0.1, -0.05) is 36.4 Å². The van der Waals surface area contributed by atoms with Crippen molar-refractivity contribution in [2.75, 3.05) is 0 Å². The molecular weight excluding hydrogens is 230 g/mol. The Labute approximate surface area is 102 Å². The fraction of sp³-hybridized carbons (Fsp3) is 0. The highest BCUT2D eigenvalue weighted by Gasteiger charge is 2.12. The molecule has 0 fully saturated rings. The first-order valence-electron chi connectivity index (χ1n) is 5.40. The van der Waals surface area contributed by atoms with Crippen molar-refractivity contribution in [2.24, 2.45) is 0 Å². The molecule has 0 aliphatic carbocycles. The van der Waals surface area contributed by atoms with Gasteiger partial charge in [0.15, 0.2) is 17.2 Å². The van der Waals surface area contributed by atoms with Crippen molar-refractivity contribution in [1.82, 2.24) is 14.6 Å². The van der Waals surface area contributed by atoms with Crippen LogP contribution in [0, 0.1) is 0 Å². The number of aromatic nitrogens is 3. The summed E-state index contributed by atoms with van der Waals surface area (Å²) in [6.45, 7) is 0. The van der Waals surface area contributed by atoms with Gasteiger partial charge in [-0.15, -0.1) is 5.10 Å². The Hall–Kier alpha value is -2.69. The van der Waals surface area contributed by atoms with E-state index in [4.69, 9.17) is 5.11 Å². The van der Waals surface area contributed by atoms with E-state index in [1.54, 1.807) is 12.1 Å². The van der Waals surface area contributed by atoms with Crippen molar-refractivity contribution >= 4 is 11.6 Å². The number of rotatable bonds is 2. The molecule has 0 spiro atoms. The molecule has 0 aliphatic rings. The SMILES string of the molecule is O=C(O)c1cccc2nc(-c3ccccc3)nn12. The highest BCUT2D eigenvalue weighted by molar-refractivity contribution is 5.86. The van der Waals surface area contributed by atoms with Crippen LogP contribution in [-0.4, -0.2) is 25.7 Å². The number of carbonyl (C=O) groups is 1. The first-order chi connectivity index (χ1) is 8.75. The first-order valence-corrected chi connectivity index (χ1v) is 5.40. The van der Waals surface area contributed by atoms with Gasteiger partial charge in [0.2, 0.25) is 0 Å². The zero-order valence-electron chi connectivity index (χ0n) is 9.32. The second kappa shape index (κ2) is 3.96. The number of hydrogen-bond donors (Lipinski definition) is 1. The van der Waals surface area contributed by atoms with Crippen LogP contribution in [0.1, 0.15) is 10.5 Å². The van der Waals surface area contributed by atoms with Gasteiger partial charge in [0.1, 0.15) is 0 Å². The zero-order chi connectivity index (χ0) is 12.5. The zero-order valence-corrected chi connectivity index (χ0v) is 9.32. The molecule has 3 rings (SSSR count). The number of nitrogens with zero attached hydrogens (tertiary/aromatic N) is 3. The molecule has 0 saturated carbocycles. The second-order valence-corrected chi connectivity index (χ2v) is 3.79. The Morgan fingerprint density at radius 2 is 1.83 bits per heavy atom. The van der Waals surface area contributed by atoms with Crippen LogP contribution in [0.4, 0.5) is 0 Å². The van der Waals surface area contributed by atoms with E-state index >= 15 is 0 Å². The minimum Gasteiger partial charge on any atom is -0.477 e. The topological polar surface area (TPSA) is 67.5 Å². The number of pyridine rings is 1. The second-order valence-electron chi connectivity index (χ2n) is 3.79. The summed E-state index contributed by atoms with van der Waals surface area (Å²) < 4.78 is 1.34. The summed E-state index contributed by atoms with van der Waals surface area (Å²) in [5.41, 5.74) is 1.48. The molecule has 0 aliphatic heterocycles. The van der Waals surface area contributed by atoms with Crippen molar-refractivity contribution in [2.45, 2.75) is 0 Å². The molecule has 3 aromatic rings. The van der Waals surface area contributed by atoms with E-state index < -0.39 is 5.97 Å².